The van der Waals surface area contributed by atoms with Crippen molar-refractivity contribution in [1.29, 1.82) is 0 Å². The van der Waals surface area contributed by atoms with Crippen molar-refractivity contribution >= 4 is 24.9 Å². The van der Waals surface area contributed by atoms with Gasteiger partial charge in [-0.25, -0.2) is 0 Å². The van der Waals surface area contributed by atoms with Crippen LogP contribution in [0.3, 0.4) is 0 Å². The van der Waals surface area contributed by atoms with Crippen LogP contribution in [0.4, 0.5) is 5.69 Å². The number of aliphatic hydroxyl groups excluding tert-OH is 1. The van der Waals surface area contributed by atoms with Crippen molar-refractivity contribution in [1.82, 2.24) is 4.57 Å². The van der Waals surface area contributed by atoms with Crippen LogP contribution in [0.15, 0.2) is 65.6 Å². The highest BCUT2D eigenvalue weighted by atomic mass is 28.3. The van der Waals surface area contributed by atoms with Crippen molar-refractivity contribution in [3.63, 3.8) is 0 Å². The third kappa shape index (κ3) is 3.88. The number of pyridine rings is 1. The number of hydrogen-bond acceptors (Lipinski definition) is 6. The zero-order valence-corrected chi connectivity index (χ0v) is 23.4. The molecule has 38 heavy (non-hydrogen) atoms. The smallest absolute Gasteiger partial charge is 0.297 e. The summed E-state index contributed by atoms with van der Waals surface area (Å²) < 4.78 is 18.9. The molecule has 1 spiro atoms. The van der Waals surface area contributed by atoms with E-state index in [1.54, 1.807) is 31.5 Å². The van der Waals surface area contributed by atoms with E-state index >= 15 is 0 Å². The van der Waals surface area contributed by atoms with Crippen molar-refractivity contribution in [2.45, 2.75) is 43.7 Å². The van der Waals surface area contributed by atoms with Gasteiger partial charge in [-0.15, -0.1) is 0 Å². The van der Waals surface area contributed by atoms with Gasteiger partial charge in [-0.05, 0) is 54.4 Å². The summed E-state index contributed by atoms with van der Waals surface area (Å²) in [5.74, 6) is 0.640. The Morgan fingerprint density at radius 1 is 1.08 bits per heavy atom. The SMILES string of the molecule is COc1ccc([Si](C)(C)[C@H]2[C@H](CCO)O[C@@]3(C(=O)Nc4ccc(-n5cccc(OC)c5=O)cc43)[C@@H]2C)cc1. The molecule has 0 unspecified atom stereocenters. The number of anilines is 1. The molecule has 1 amide bonds. The van der Waals surface area contributed by atoms with Crippen LogP contribution in [0.5, 0.6) is 11.5 Å². The molecule has 5 rings (SSSR count). The summed E-state index contributed by atoms with van der Waals surface area (Å²) in [4.78, 5) is 26.7. The fourth-order valence-electron chi connectivity index (χ4n) is 6.50. The number of fused-ring (bicyclic) bond motifs is 2. The van der Waals surface area contributed by atoms with Gasteiger partial charge in [0.05, 0.1) is 28.4 Å². The summed E-state index contributed by atoms with van der Waals surface area (Å²) in [5, 5.41) is 14.2. The lowest BCUT2D eigenvalue weighted by Gasteiger charge is -2.37. The molecule has 8 nitrogen and oxygen atoms in total. The van der Waals surface area contributed by atoms with E-state index in [0.717, 1.165) is 5.75 Å². The first kappa shape index (κ1) is 26.2. The van der Waals surface area contributed by atoms with Crippen LogP contribution in [-0.4, -0.2) is 50.6 Å². The third-order valence-electron chi connectivity index (χ3n) is 8.40. The molecule has 0 radical (unpaired) electrons. The van der Waals surface area contributed by atoms with Crippen LogP contribution in [0.25, 0.3) is 5.69 Å². The molecule has 0 bridgehead atoms. The minimum Gasteiger partial charge on any atom is -0.497 e. The number of aliphatic hydroxyl groups is 1. The van der Waals surface area contributed by atoms with E-state index < -0.39 is 13.7 Å². The molecule has 1 fully saturated rings. The highest BCUT2D eigenvalue weighted by molar-refractivity contribution is 6.91. The molecule has 2 N–H and O–H groups in total. The van der Waals surface area contributed by atoms with Crippen molar-refractivity contribution in [2.24, 2.45) is 5.92 Å². The first-order valence-electron chi connectivity index (χ1n) is 12.8. The first-order chi connectivity index (χ1) is 18.2. The molecule has 0 aliphatic carbocycles. The van der Waals surface area contributed by atoms with E-state index in [9.17, 15) is 14.7 Å². The largest absolute Gasteiger partial charge is 0.497 e. The second-order valence-electron chi connectivity index (χ2n) is 10.6. The number of carbonyl (C=O) groups is 1. The van der Waals surface area contributed by atoms with Gasteiger partial charge >= 0.3 is 0 Å². The molecule has 200 valence electrons. The Bertz CT molecular complexity index is 1420. The van der Waals surface area contributed by atoms with Gasteiger partial charge in [0.25, 0.3) is 11.5 Å². The Morgan fingerprint density at radius 2 is 1.82 bits per heavy atom. The fourth-order valence-corrected chi connectivity index (χ4v) is 10.6. The van der Waals surface area contributed by atoms with Crippen LogP contribution < -0.4 is 25.5 Å². The van der Waals surface area contributed by atoms with Gasteiger partial charge in [-0.3, -0.25) is 14.2 Å². The second-order valence-corrected chi connectivity index (χ2v) is 15.3. The number of methoxy groups -OCH3 is 2. The van der Waals surface area contributed by atoms with Crippen LogP contribution in [0, 0.1) is 5.92 Å². The van der Waals surface area contributed by atoms with Gasteiger partial charge in [-0.1, -0.05) is 37.3 Å². The summed E-state index contributed by atoms with van der Waals surface area (Å²) in [5.41, 5.74) is 0.539. The number of benzene rings is 2. The predicted octanol–water partition coefficient (Wildman–Crippen LogP) is 3.41. The number of rotatable bonds is 7. The Morgan fingerprint density at radius 3 is 2.47 bits per heavy atom. The van der Waals surface area contributed by atoms with E-state index in [1.165, 1.54) is 16.9 Å². The van der Waals surface area contributed by atoms with Crippen LogP contribution in [-0.2, 0) is 15.1 Å². The number of nitrogens with zero attached hydrogens (tertiary/aromatic N) is 1. The van der Waals surface area contributed by atoms with Crippen LogP contribution in [0.1, 0.15) is 18.9 Å². The predicted molar refractivity (Wildman–Crippen MR) is 148 cm³/mol. The number of amides is 1. The van der Waals surface area contributed by atoms with Crippen LogP contribution in [0.2, 0.25) is 18.6 Å². The molecule has 3 aromatic rings. The maximum Gasteiger partial charge on any atom is 0.297 e. The van der Waals surface area contributed by atoms with E-state index in [-0.39, 0.29) is 41.4 Å². The molecule has 0 saturated carbocycles. The van der Waals surface area contributed by atoms with Crippen molar-refractivity contribution < 1.29 is 24.1 Å². The van der Waals surface area contributed by atoms with Gasteiger partial charge in [0.15, 0.2) is 11.4 Å². The molecule has 2 aliphatic rings. The zero-order valence-electron chi connectivity index (χ0n) is 22.4. The average molecular weight is 535 g/mol. The Hall–Kier alpha value is -3.40. The normalized spacial score (nSPS) is 24.4. The third-order valence-corrected chi connectivity index (χ3v) is 12.8. The topological polar surface area (TPSA) is 99.0 Å². The van der Waals surface area contributed by atoms with Gasteiger partial charge in [0, 0.05) is 35.7 Å². The molecular weight excluding hydrogens is 500 g/mol. The van der Waals surface area contributed by atoms with E-state index in [1.807, 2.05) is 24.3 Å². The Balaban J connectivity index is 1.62. The fraction of sp³-hybridized carbons (Fsp3) is 0.379. The molecule has 1 saturated heterocycles. The standard InChI is InChI=1S/C29H34N2O6Si/c1-18-26(38(4,5)21-11-9-20(35-2)10-12-21)24(14-16-32)37-29(18)22-17-19(8-13-23(22)30-28(29)34)31-15-6-7-25(36-3)27(31)33/h6-13,15,17-18,24,26,32H,14,16H2,1-5H3,(H,30,34)/t18-,24+,26-,29+/m1/s1. The van der Waals surface area contributed by atoms with Crippen molar-refractivity contribution in [2.75, 3.05) is 26.1 Å². The summed E-state index contributed by atoms with van der Waals surface area (Å²) in [7, 11) is 0.880. The average Bonchev–Trinajstić information content (AvgIpc) is 3.37. The maximum absolute atomic E-state index is 13.7. The number of carbonyl (C=O) groups excluding carboxylic acids is 1. The lowest BCUT2D eigenvalue weighted by atomic mass is 9.82. The molecule has 9 heteroatoms. The summed E-state index contributed by atoms with van der Waals surface area (Å²) in [6.07, 6.45) is 1.80. The quantitative estimate of drug-likeness (QED) is 0.451. The zero-order chi connectivity index (χ0) is 27.2. The lowest BCUT2D eigenvalue weighted by Crippen LogP contribution is -2.51. The molecule has 1 aromatic heterocycles. The summed E-state index contributed by atoms with van der Waals surface area (Å²) >= 11 is 0. The number of nitrogens with one attached hydrogen (secondary N) is 1. The van der Waals surface area contributed by atoms with E-state index in [2.05, 4.69) is 37.5 Å². The molecule has 2 aliphatic heterocycles. The summed E-state index contributed by atoms with van der Waals surface area (Å²) in [6.45, 7) is 6.63. The van der Waals surface area contributed by atoms with Gasteiger partial charge < -0.3 is 24.6 Å². The van der Waals surface area contributed by atoms with Gasteiger partial charge in [-0.2, -0.15) is 0 Å². The van der Waals surface area contributed by atoms with Gasteiger partial charge in [0.1, 0.15) is 5.75 Å². The highest BCUT2D eigenvalue weighted by Crippen LogP contribution is 2.58. The van der Waals surface area contributed by atoms with E-state index in [4.69, 9.17) is 14.2 Å². The number of aromatic nitrogens is 1. The van der Waals surface area contributed by atoms with Crippen LogP contribution >= 0.6 is 0 Å². The molecule has 2 aromatic carbocycles. The maximum atomic E-state index is 13.7. The van der Waals surface area contributed by atoms with Crippen molar-refractivity contribution in [3.05, 3.63) is 76.7 Å². The second kappa shape index (κ2) is 9.72. The minimum atomic E-state index is -2.23. The monoisotopic (exact) mass is 534 g/mol. The van der Waals surface area contributed by atoms with Gasteiger partial charge in [0.2, 0.25) is 0 Å². The number of ether oxygens (including phenoxy) is 3. The molecular formula is C29H34N2O6Si. The Kier molecular flexibility index (Phi) is 6.71. The molecule has 4 atom stereocenters. The summed E-state index contributed by atoms with van der Waals surface area (Å²) in [6, 6.07) is 17.0. The Labute approximate surface area is 223 Å². The van der Waals surface area contributed by atoms with Crippen molar-refractivity contribution in [3.8, 4) is 17.2 Å². The van der Waals surface area contributed by atoms with E-state index in [0.29, 0.717) is 23.4 Å². The number of hydrogen-bond donors (Lipinski definition) is 2. The molecule has 3 heterocycles. The minimum absolute atomic E-state index is 0.0369. The lowest BCUT2D eigenvalue weighted by molar-refractivity contribution is -0.143. The first-order valence-corrected chi connectivity index (χ1v) is 15.9. The highest BCUT2D eigenvalue weighted by Gasteiger charge is 2.64.